The van der Waals surface area contributed by atoms with E-state index in [2.05, 4.69) is 11.3 Å². The molecule has 0 amide bonds. The minimum absolute atomic E-state index is 0.450. The highest BCUT2D eigenvalue weighted by molar-refractivity contribution is 5.57. The Morgan fingerprint density at radius 3 is 2.33 bits per heavy atom. The van der Waals surface area contributed by atoms with Gasteiger partial charge in [-0.3, -0.25) is 0 Å². The lowest BCUT2D eigenvalue weighted by Crippen LogP contribution is -2.29. The van der Waals surface area contributed by atoms with Crippen molar-refractivity contribution in [3.05, 3.63) is 12.7 Å². The summed E-state index contributed by atoms with van der Waals surface area (Å²) in [6, 6.07) is 0. The van der Waals surface area contributed by atoms with Crippen LogP contribution in [0.15, 0.2) is 12.7 Å². The molecular formula is C8H14O4. The molecule has 1 atom stereocenters. The average Bonchev–Trinajstić information content (AvgIpc) is 1.82. The first-order valence-electron chi connectivity index (χ1n) is 3.55. The number of rotatable bonds is 3. The molecule has 1 N–H and O–H groups in total. The van der Waals surface area contributed by atoms with Crippen LogP contribution < -0.4 is 0 Å². The fourth-order valence-electron chi connectivity index (χ4n) is 0.568. The van der Waals surface area contributed by atoms with E-state index < -0.39 is 18.0 Å². The monoisotopic (exact) mass is 174 g/mol. The lowest BCUT2D eigenvalue weighted by atomic mass is 10.2. The molecule has 0 bridgehead atoms. The molecule has 0 aromatic heterocycles. The van der Waals surface area contributed by atoms with Crippen LogP contribution in [0.5, 0.6) is 0 Å². The first-order chi connectivity index (χ1) is 5.35. The highest BCUT2D eigenvalue weighted by atomic mass is 16.8. The van der Waals surface area contributed by atoms with Crippen molar-refractivity contribution in [3.8, 4) is 0 Å². The van der Waals surface area contributed by atoms with Crippen molar-refractivity contribution >= 4 is 6.16 Å². The Morgan fingerprint density at radius 2 is 2.08 bits per heavy atom. The van der Waals surface area contributed by atoms with Crippen molar-refractivity contribution in [1.29, 1.82) is 0 Å². The van der Waals surface area contributed by atoms with Gasteiger partial charge in [0.15, 0.2) is 0 Å². The van der Waals surface area contributed by atoms with E-state index in [1.165, 1.54) is 6.08 Å². The van der Waals surface area contributed by atoms with Crippen LogP contribution in [0.4, 0.5) is 4.79 Å². The maximum absolute atomic E-state index is 10.1. The first kappa shape index (κ1) is 11.0. The van der Waals surface area contributed by atoms with Crippen LogP contribution in [0.25, 0.3) is 0 Å². The van der Waals surface area contributed by atoms with Crippen molar-refractivity contribution in [2.45, 2.75) is 32.7 Å². The summed E-state index contributed by atoms with van der Waals surface area (Å²) < 4.78 is 9.53. The van der Waals surface area contributed by atoms with Crippen LogP contribution in [-0.2, 0) is 9.47 Å². The number of hydrogen-bond acceptors (Lipinski definition) is 3. The van der Waals surface area contributed by atoms with E-state index in [1.807, 2.05) is 0 Å². The molecule has 0 aliphatic heterocycles. The van der Waals surface area contributed by atoms with Crippen molar-refractivity contribution in [2.75, 3.05) is 0 Å². The predicted molar refractivity (Wildman–Crippen MR) is 43.9 cm³/mol. The topological polar surface area (TPSA) is 55.8 Å². The van der Waals surface area contributed by atoms with Crippen molar-refractivity contribution in [3.63, 3.8) is 0 Å². The Balaban J connectivity index is 4.00. The highest BCUT2D eigenvalue weighted by Gasteiger charge is 2.18. The molecule has 70 valence electrons. The third kappa shape index (κ3) is 5.73. The summed E-state index contributed by atoms with van der Waals surface area (Å²) >= 11 is 0. The lowest BCUT2D eigenvalue weighted by Gasteiger charge is -2.23. The molecule has 0 radical (unpaired) electrons. The second-order valence-electron chi connectivity index (χ2n) is 3.22. The normalized spacial score (nSPS) is 13.6. The lowest BCUT2D eigenvalue weighted by molar-refractivity contribution is -0.147. The maximum atomic E-state index is 10.1. The summed E-state index contributed by atoms with van der Waals surface area (Å²) in [7, 11) is 0. The van der Waals surface area contributed by atoms with Crippen molar-refractivity contribution in [2.24, 2.45) is 0 Å². The van der Waals surface area contributed by atoms with E-state index in [1.54, 1.807) is 20.8 Å². The quantitative estimate of drug-likeness (QED) is 0.404. The molecule has 0 aliphatic carbocycles. The summed E-state index contributed by atoms with van der Waals surface area (Å²) in [5.41, 5.74) is -0.450. The van der Waals surface area contributed by atoms with Gasteiger partial charge in [0.25, 0.3) is 0 Å². The molecular weight excluding hydrogens is 160 g/mol. The molecule has 1 unspecified atom stereocenters. The van der Waals surface area contributed by atoms with E-state index in [4.69, 9.17) is 9.84 Å². The van der Waals surface area contributed by atoms with Crippen LogP contribution in [0.3, 0.4) is 0 Å². The minimum Gasteiger partial charge on any atom is -0.450 e. The van der Waals surface area contributed by atoms with Gasteiger partial charge in [-0.2, -0.15) is 0 Å². The molecule has 0 aromatic rings. The average molecular weight is 174 g/mol. The molecule has 0 rings (SSSR count). The number of ether oxygens (including phenoxy) is 2. The molecule has 0 saturated heterocycles. The standard InChI is InChI=1S/C8H14O4/c1-5-6(11-7(9)10)12-8(2,3)4/h5-6H,1H2,2-4H3,(H,9,10). The van der Waals surface area contributed by atoms with Gasteiger partial charge < -0.3 is 14.6 Å². The fourth-order valence-corrected chi connectivity index (χ4v) is 0.568. The molecule has 0 spiro atoms. The number of carbonyl (C=O) groups is 1. The molecule has 0 aromatic carbocycles. The van der Waals surface area contributed by atoms with Gasteiger partial charge in [0.1, 0.15) is 0 Å². The first-order valence-corrected chi connectivity index (χ1v) is 3.55. The van der Waals surface area contributed by atoms with Gasteiger partial charge in [-0.1, -0.05) is 6.58 Å². The van der Waals surface area contributed by atoms with Gasteiger partial charge in [-0.05, 0) is 26.8 Å². The van der Waals surface area contributed by atoms with Crippen LogP contribution in [0, 0.1) is 0 Å². The number of hydrogen-bond donors (Lipinski definition) is 1. The summed E-state index contributed by atoms with van der Waals surface area (Å²) in [6.07, 6.45) is -0.981. The van der Waals surface area contributed by atoms with Crippen molar-refractivity contribution < 1.29 is 19.4 Å². The van der Waals surface area contributed by atoms with E-state index in [0.29, 0.717) is 0 Å². The molecule has 0 fully saturated rings. The largest absolute Gasteiger partial charge is 0.508 e. The maximum Gasteiger partial charge on any atom is 0.508 e. The summed E-state index contributed by atoms with van der Waals surface area (Å²) in [6.45, 7) is 8.79. The van der Waals surface area contributed by atoms with Gasteiger partial charge >= 0.3 is 6.16 Å². The molecule has 4 nitrogen and oxygen atoms in total. The predicted octanol–water partition coefficient (Wildman–Crippen LogP) is 2.01. The van der Waals surface area contributed by atoms with E-state index in [-0.39, 0.29) is 0 Å². The fraction of sp³-hybridized carbons (Fsp3) is 0.625. The second kappa shape index (κ2) is 4.11. The molecule has 0 heterocycles. The van der Waals surface area contributed by atoms with E-state index >= 15 is 0 Å². The Kier molecular flexibility index (Phi) is 3.76. The van der Waals surface area contributed by atoms with Crippen LogP contribution in [0.2, 0.25) is 0 Å². The van der Waals surface area contributed by atoms with E-state index in [9.17, 15) is 4.79 Å². The zero-order valence-corrected chi connectivity index (χ0v) is 7.53. The highest BCUT2D eigenvalue weighted by Crippen LogP contribution is 2.12. The van der Waals surface area contributed by atoms with Gasteiger partial charge in [0.2, 0.25) is 6.29 Å². The van der Waals surface area contributed by atoms with Crippen LogP contribution in [-0.4, -0.2) is 23.2 Å². The van der Waals surface area contributed by atoms with Crippen LogP contribution >= 0.6 is 0 Å². The van der Waals surface area contributed by atoms with Gasteiger partial charge in [0.05, 0.1) is 5.60 Å². The Labute approximate surface area is 71.8 Å². The van der Waals surface area contributed by atoms with Gasteiger partial charge in [0, 0.05) is 0 Å². The molecule has 12 heavy (non-hydrogen) atoms. The SMILES string of the molecule is C=CC(OC(=O)O)OC(C)(C)C. The second-order valence-corrected chi connectivity index (χ2v) is 3.22. The zero-order chi connectivity index (χ0) is 9.78. The summed E-state index contributed by atoms with van der Waals surface area (Å²) in [5.74, 6) is 0. The molecule has 0 aliphatic rings. The third-order valence-electron chi connectivity index (χ3n) is 0.879. The Hall–Kier alpha value is -1.03. The van der Waals surface area contributed by atoms with Crippen molar-refractivity contribution in [1.82, 2.24) is 0 Å². The van der Waals surface area contributed by atoms with Gasteiger partial charge in [-0.15, -0.1) is 0 Å². The Morgan fingerprint density at radius 1 is 1.58 bits per heavy atom. The van der Waals surface area contributed by atoms with E-state index in [0.717, 1.165) is 0 Å². The van der Waals surface area contributed by atoms with Crippen LogP contribution in [0.1, 0.15) is 20.8 Å². The smallest absolute Gasteiger partial charge is 0.450 e. The zero-order valence-electron chi connectivity index (χ0n) is 7.53. The summed E-state index contributed by atoms with van der Waals surface area (Å²) in [4.78, 5) is 10.1. The molecule has 0 saturated carbocycles. The van der Waals surface area contributed by atoms with Gasteiger partial charge in [-0.25, -0.2) is 4.79 Å². The Bertz CT molecular complexity index is 168. The summed E-state index contributed by atoms with van der Waals surface area (Å²) in [5, 5.41) is 8.26. The third-order valence-corrected chi connectivity index (χ3v) is 0.879. The minimum atomic E-state index is -1.37. The molecule has 4 heteroatoms. The number of carboxylic acid groups (broad SMARTS) is 1.